The lowest BCUT2D eigenvalue weighted by molar-refractivity contribution is 0.139. The summed E-state index contributed by atoms with van der Waals surface area (Å²) in [6.07, 6.45) is -4.69. The minimum atomic E-state index is -3.08. The first kappa shape index (κ1) is 21.8. The molecular weight excluding hydrogens is 448 g/mol. The molecule has 0 aliphatic rings. The molecule has 2 heterocycles. The highest BCUT2D eigenvalue weighted by Gasteiger charge is 2.28. The molecule has 160 valence electrons. The van der Waals surface area contributed by atoms with Crippen molar-refractivity contribution in [2.24, 2.45) is 5.10 Å². The lowest BCUT2D eigenvalue weighted by Crippen LogP contribution is -2.09. The number of aromatic nitrogens is 3. The predicted octanol–water partition coefficient (Wildman–Crippen LogP) is 4.95. The quantitative estimate of drug-likeness (QED) is 0.281. The fourth-order valence-electron chi connectivity index (χ4n) is 2.60. The van der Waals surface area contributed by atoms with Gasteiger partial charge in [0.1, 0.15) is 23.0 Å². The lowest BCUT2D eigenvalue weighted by atomic mass is 10.1. The van der Waals surface area contributed by atoms with E-state index in [1.165, 1.54) is 24.7 Å². The van der Waals surface area contributed by atoms with Gasteiger partial charge in [0.2, 0.25) is 5.13 Å². The second kappa shape index (κ2) is 9.30. The zero-order valence-electron chi connectivity index (χ0n) is 15.3. The zero-order chi connectivity index (χ0) is 21.8. The Morgan fingerprint density at radius 1 is 1.33 bits per heavy atom. The summed E-state index contributed by atoms with van der Waals surface area (Å²) >= 11 is 6.97. The van der Waals surface area contributed by atoms with E-state index in [0.29, 0.717) is 27.8 Å². The summed E-state index contributed by atoms with van der Waals surface area (Å²) in [5, 5.41) is 8.99. The lowest BCUT2D eigenvalue weighted by Gasteiger charge is -2.12. The van der Waals surface area contributed by atoms with Gasteiger partial charge in [0.05, 0.1) is 24.9 Å². The van der Waals surface area contributed by atoms with E-state index in [-0.39, 0.29) is 6.54 Å². The summed E-state index contributed by atoms with van der Waals surface area (Å²) in [5.74, 6) is 0.721. The van der Waals surface area contributed by atoms with Crippen molar-refractivity contribution < 1.29 is 22.3 Å². The molecule has 0 unspecified atom stereocenters. The average molecular weight is 463 g/mol. The number of methoxy groups -OCH3 is 1. The van der Waals surface area contributed by atoms with Gasteiger partial charge in [-0.2, -0.15) is 10.2 Å². The van der Waals surface area contributed by atoms with Crippen molar-refractivity contribution in [1.29, 1.82) is 0 Å². The molecule has 13 heteroatoms. The van der Waals surface area contributed by atoms with E-state index >= 15 is 0 Å². The summed E-state index contributed by atoms with van der Waals surface area (Å²) in [6, 6.07) is 4.88. The molecule has 0 saturated carbocycles. The third-order valence-electron chi connectivity index (χ3n) is 3.89. The number of nitrogens with zero attached hydrogens (tertiary/aromatic N) is 4. The Hall–Kier alpha value is -2.86. The van der Waals surface area contributed by atoms with Crippen molar-refractivity contribution in [2.45, 2.75) is 19.4 Å². The predicted molar refractivity (Wildman–Crippen MR) is 107 cm³/mol. The van der Waals surface area contributed by atoms with Crippen LogP contribution in [-0.2, 0) is 6.54 Å². The minimum Gasteiger partial charge on any atom is -0.496 e. The number of alkyl halides is 4. The van der Waals surface area contributed by atoms with Crippen LogP contribution >= 0.6 is 22.9 Å². The van der Waals surface area contributed by atoms with Crippen LogP contribution < -0.4 is 15.9 Å². The van der Waals surface area contributed by atoms with Crippen molar-refractivity contribution in [3.8, 4) is 5.75 Å². The Kier molecular flexibility index (Phi) is 6.77. The molecule has 0 aliphatic carbocycles. The van der Waals surface area contributed by atoms with Crippen molar-refractivity contribution in [3.63, 3.8) is 0 Å². The van der Waals surface area contributed by atoms with Crippen molar-refractivity contribution in [3.05, 3.63) is 51.1 Å². The Balaban J connectivity index is 1.88. The molecule has 0 saturated heterocycles. The smallest absolute Gasteiger partial charge is 0.283 e. The molecule has 0 bridgehead atoms. The topological polar surface area (TPSA) is 90.4 Å². The fraction of sp³-hybridized carbons (Fsp3) is 0.235. The van der Waals surface area contributed by atoms with Gasteiger partial charge >= 0.3 is 0 Å². The molecule has 0 radical (unpaired) electrons. The number of anilines is 2. The van der Waals surface area contributed by atoms with Crippen LogP contribution in [-0.4, -0.2) is 28.1 Å². The van der Waals surface area contributed by atoms with Gasteiger partial charge in [0, 0.05) is 10.9 Å². The van der Waals surface area contributed by atoms with E-state index in [2.05, 4.69) is 20.6 Å². The highest BCUT2D eigenvalue weighted by Crippen LogP contribution is 2.35. The van der Waals surface area contributed by atoms with Gasteiger partial charge in [0.25, 0.3) is 12.9 Å². The SMILES string of the molecule is COc1ccc(C=NNc2nc(N)cs2)cc1Cn1nc(C(F)F)c(Cl)c1C(F)F. The molecule has 0 spiro atoms. The summed E-state index contributed by atoms with van der Waals surface area (Å²) in [7, 11) is 1.40. The van der Waals surface area contributed by atoms with Crippen molar-refractivity contribution in [2.75, 3.05) is 18.3 Å². The highest BCUT2D eigenvalue weighted by atomic mass is 35.5. The average Bonchev–Trinajstić information content (AvgIpc) is 3.25. The third-order valence-corrected chi connectivity index (χ3v) is 5.04. The number of thiazole rings is 1. The number of benzene rings is 1. The first-order chi connectivity index (χ1) is 14.3. The molecule has 3 aromatic rings. The molecule has 0 aliphatic heterocycles. The number of ether oxygens (including phenoxy) is 1. The van der Waals surface area contributed by atoms with Gasteiger partial charge in [-0.3, -0.25) is 10.1 Å². The van der Waals surface area contributed by atoms with Gasteiger partial charge in [-0.15, -0.1) is 11.3 Å². The molecule has 3 rings (SSSR count). The number of rotatable bonds is 8. The van der Waals surface area contributed by atoms with Crippen LogP contribution in [0.3, 0.4) is 0 Å². The third kappa shape index (κ3) is 4.82. The number of hydrogen-bond donors (Lipinski definition) is 2. The number of hydrazone groups is 1. The molecule has 2 aromatic heterocycles. The molecule has 7 nitrogen and oxygen atoms in total. The largest absolute Gasteiger partial charge is 0.496 e. The number of nitrogen functional groups attached to an aromatic ring is 1. The highest BCUT2D eigenvalue weighted by molar-refractivity contribution is 7.14. The van der Waals surface area contributed by atoms with Crippen LogP contribution in [0.2, 0.25) is 5.02 Å². The Labute approximate surface area is 177 Å². The summed E-state index contributed by atoms with van der Waals surface area (Å²) < 4.78 is 58.9. The number of nitrogens with one attached hydrogen (secondary N) is 1. The summed E-state index contributed by atoms with van der Waals surface area (Å²) in [6.45, 7) is -0.257. The molecular formula is C17H15ClF4N6OS. The van der Waals surface area contributed by atoms with Gasteiger partial charge in [0.15, 0.2) is 0 Å². The Morgan fingerprint density at radius 3 is 2.70 bits per heavy atom. The van der Waals surface area contributed by atoms with Crippen molar-refractivity contribution in [1.82, 2.24) is 14.8 Å². The van der Waals surface area contributed by atoms with E-state index < -0.39 is 29.3 Å². The van der Waals surface area contributed by atoms with E-state index in [0.717, 1.165) is 4.68 Å². The molecule has 0 fully saturated rings. The van der Waals surface area contributed by atoms with Crippen molar-refractivity contribution >= 4 is 40.1 Å². The first-order valence-corrected chi connectivity index (χ1v) is 9.55. The number of halogens is 5. The van der Waals surface area contributed by atoms with Crippen LogP contribution in [0.25, 0.3) is 0 Å². The first-order valence-electron chi connectivity index (χ1n) is 8.29. The standard InChI is InChI=1S/C17H15ClF4N6OS/c1-29-10-3-2-8(5-24-26-17-25-11(23)7-30-17)4-9(10)6-28-14(16(21)22)12(18)13(27-28)15(19)20/h2-5,7,15-16H,6,23H2,1H3,(H,25,26). The van der Waals surface area contributed by atoms with E-state index in [9.17, 15) is 17.6 Å². The Morgan fingerprint density at radius 2 is 2.10 bits per heavy atom. The van der Waals surface area contributed by atoms with Gasteiger partial charge in [-0.1, -0.05) is 11.6 Å². The van der Waals surface area contributed by atoms with Gasteiger partial charge < -0.3 is 10.5 Å². The molecule has 3 N–H and O–H groups in total. The molecule has 1 aromatic carbocycles. The summed E-state index contributed by atoms with van der Waals surface area (Å²) in [5.41, 5.74) is 7.57. The van der Waals surface area contributed by atoms with Gasteiger partial charge in [-0.05, 0) is 23.8 Å². The van der Waals surface area contributed by atoms with Crippen LogP contribution in [0, 0.1) is 0 Å². The van der Waals surface area contributed by atoms with E-state index in [1.807, 2.05) is 0 Å². The minimum absolute atomic E-state index is 0.257. The second-order valence-corrected chi connectivity index (χ2v) is 7.10. The van der Waals surface area contributed by atoms with E-state index in [4.69, 9.17) is 22.1 Å². The molecule has 0 amide bonds. The maximum absolute atomic E-state index is 13.4. The number of nitrogens with two attached hydrogens (primary N) is 1. The molecule has 0 atom stereocenters. The Bertz CT molecular complexity index is 1060. The maximum Gasteiger partial charge on any atom is 0.283 e. The van der Waals surface area contributed by atoms with Crippen LogP contribution in [0.15, 0.2) is 28.7 Å². The van der Waals surface area contributed by atoms with Crippen LogP contribution in [0.4, 0.5) is 28.5 Å². The fourth-order valence-corrected chi connectivity index (χ4v) is 3.45. The second-order valence-electron chi connectivity index (χ2n) is 5.86. The maximum atomic E-state index is 13.4. The zero-order valence-corrected chi connectivity index (χ0v) is 16.9. The van der Waals surface area contributed by atoms with Gasteiger partial charge in [-0.25, -0.2) is 22.5 Å². The molecule has 30 heavy (non-hydrogen) atoms. The van der Waals surface area contributed by atoms with Crippen LogP contribution in [0.1, 0.15) is 35.4 Å². The number of hydrogen-bond acceptors (Lipinski definition) is 7. The van der Waals surface area contributed by atoms with E-state index in [1.54, 1.807) is 23.6 Å². The normalized spacial score (nSPS) is 11.7. The monoisotopic (exact) mass is 462 g/mol. The van der Waals surface area contributed by atoms with Crippen LogP contribution in [0.5, 0.6) is 5.75 Å². The summed E-state index contributed by atoms with van der Waals surface area (Å²) in [4.78, 5) is 3.99.